The number of methoxy groups -OCH3 is 1. The summed E-state index contributed by atoms with van der Waals surface area (Å²) in [6.45, 7) is 0. The van der Waals surface area contributed by atoms with E-state index in [1.54, 1.807) is 0 Å². The molecule has 0 heterocycles. The number of hydrogen-bond donors (Lipinski definition) is 1. The average Bonchev–Trinajstić information content (AvgIpc) is 2.19. The largest absolute Gasteiger partial charge is 0.465 e. The quantitative estimate of drug-likeness (QED) is 0.383. The lowest BCUT2D eigenvalue weighted by molar-refractivity contribution is -0.386. The average molecular weight is 275 g/mol. The molecule has 0 radical (unpaired) electrons. The number of carbonyl (C=O) groups is 1. The third-order valence-corrected chi connectivity index (χ3v) is 2.37. The Bertz CT molecular complexity index is 433. The Morgan fingerprint density at radius 3 is 2.67 bits per heavy atom. The molecule has 0 fully saturated rings. The first-order valence-corrected chi connectivity index (χ1v) is 4.59. The lowest BCUT2D eigenvalue weighted by atomic mass is 10.1. The van der Waals surface area contributed by atoms with Gasteiger partial charge in [0.1, 0.15) is 0 Å². The highest BCUT2D eigenvalue weighted by atomic mass is 79.9. The molecule has 7 heteroatoms. The van der Waals surface area contributed by atoms with Crippen LogP contribution in [0.4, 0.5) is 11.4 Å². The number of benzene rings is 1. The summed E-state index contributed by atoms with van der Waals surface area (Å²) in [7, 11) is 1.13. The molecule has 1 aromatic carbocycles. The van der Waals surface area contributed by atoms with Crippen LogP contribution in [0.3, 0.4) is 0 Å². The van der Waals surface area contributed by atoms with Gasteiger partial charge in [-0.05, 0) is 28.1 Å². The number of hydrogen-bond acceptors (Lipinski definition) is 5. The Balaban J connectivity index is 3.52. The minimum absolute atomic E-state index is 0.0109. The predicted octanol–water partition coefficient (Wildman–Crippen LogP) is 1.73. The summed E-state index contributed by atoms with van der Waals surface area (Å²) in [5.41, 5.74) is 4.86. The summed E-state index contributed by atoms with van der Waals surface area (Å²) < 4.78 is 4.60. The molecule has 0 saturated heterocycles. The molecule has 0 aliphatic rings. The van der Waals surface area contributed by atoms with Crippen molar-refractivity contribution in [1.29, 1.82) is 0 Å². The molecule has 0 aliphatic carbocycles. The van der Waals surface area contributed by atoms with Gasteiger partial charge in [0.2, 0.25) is 0 Å². The number of nitrogens with zero attached hydrogens (tertiary/aromatic N) is 1. The number of ether oxygens (including phenoxy) is 1. The van der Waals surface area contributed by atoms with Crippen molar-refractivity contribution in [3.63, 3.8) is 0 Å². The second-order valence-electron chi connectivity index (χ2n) is 2.61. The minimum atomic E-state index is -0.833. The third-order valence-electron chi connectivity index (χ3n) is 1.73. The first-order valence-electron chi connectivity index (χ1n) is 3.79. The van der Waals surface area contributed by atoms with E-state index in [0.29, 0.717) is 0 Å². The highest BCUT2D eigenvalue weighted by molar-refractivity contribution is 9.10. The number of nitro benzene ring substituents is 1. The van der Waals surface area contributed by atoms with Crippen molar-refractivity contribution in [2.75, 3.05) is 12.8 Å². The molecule has 0 amide bonds. The number of halogens is 1. The fourth-order valence-corrected chi connectivity index (χ4v) is 1.55. The van der Waals surface area contributed by atoms with Crippen LogP contribution in [0.2, 0.25) is 0 Å². The van der Waals surface area contributed by atoms with E-state index in [-0.39, 0.29) is 21.4 Å². The van der Waals surface area contributed by atoms with Gasteiger partial charge in [-0.3, -0.25) is 10.1 Å². The maximum atomic E-state index is 11.3. The molecule has 0 aliphatic heterocycles. The Labute approximate surface area is 93.3 Å². The van der Waals surface area contributed by atoms with Crippen LogP contribution in [-0.4, -0.2) is 18.0 Å². The van der Waals surface area contributed by atoms with Gasteiger partial charge in [0.05, 0.1) is 22.2 Å². The second kappa shape index (κ2) is 4.26. The molecule has 0 spiro atoms. The van der Waals surface area contributed by atoms with Crippen LogP contribution in [0, 0.1) is 10.1 Å². The van der Waals surface area contributed by atoms with E-state index in [2.05, 4.69) is 20.7 Å². The summed E-state index contributed by atoms with van der Waals surface area (Å²) >= 11 is 2.97. The number of anilines is 1. The monoisotopic (exact) mass is 274 g/mol. The van der Waals surface area contributed by atoms with Crippen LogP contribution in [0.5, 0.6) is 0 Å². The van der Waals surface area contributed by atoms with Crippen molar-refractivity contribution in [2.45, 2.75) is 0 Å². The minimum Gasteiger partial charge on any atom is -0.465 e. The van der Waals surface area contributed by atoms with E-state index < -0.39 is 10.9 Å². The third kappa shape index (κ3) is 2.07. The summed E-state index contributed by atoms with van der Waals surface area (Å²) in [6, 6.07) is 2.79. The molecule has 80 valence electrons. The molecule has 15 heavy (non-hydrogen) atoms. The normalized spacial score (nSPS) is 9.73. The fraction of sp³-hybridized carbons (Fsp3) is 0.125. The van der Waals surface area contributed by atoms with Gasteiger partial charge >= 0.3 is 5.97 Å². The molecular formula is C8H7BrN2O4. The zero-order valence-electron chi connectivity index (χ0n) is 7.69. The number of esters is 1. The summed E-state index contributed by atoms with van der Waals surface area (Å²) in [6.07, 6.45) is 0. The molecule has 2 N–H and O–H groups in total. The van der Waals surface area contributed by atoms with E-state index in [1.807, 2.05) is 0 Å². The SMILES string of the molecule is COC(=O)c1c(N)ccc(Br)c1[N+](=O)[O-]. The second-order valence-corrected chi connectivity index (χ2v) is 3.46. The van der Waals surface area contributed by atoms with E-state index in [4.69, 9.17) is 5.73 Å². The van der Waals surface area contributed by atoms with Crippen molar-refractivity contribution in [3.05, 3.63) is 32.3 Å². The van der Waals surface area contributed by atoms with E-state index in [9.17, 15) is 14.9 Å². The number of nitrogen functional groups attached to an aromatic ring is 1. The molecule has 0 aromatic heterocycles. The Kier molecular flexibility index (Phi) is 3.25. The molecule has 0 unspecified atom stereocenters. The van der Waals surface area contributed by atoms with Crippen LogP contribution >= 0.6 is 15.9 Å². The van der Waals surface area contributed by atoms with Gasteiger partial charge in [0, 0.05) is 0 Å². The molecular weight excluding hydrogens is 268 g/mol. The lowest BCUT2D eigenvalue weighted by Gasteiger charge is -2.05. The van der Waals surface area contributed by atoms with Crippen LogP contribution in [0.25, 0.3) is 0 Å². The fourth-order valence-electron chi connectivity index (χ4n) is 1.08. The highest BCUT2D eigenvalue weighted by Gasteiger charge is 2.27. The van der Waals surface area contributed by atoms with Crippen molar-refractivity contribution in [3.8, 4) is 0 Å². The van der Waals surface area contributed by atoms with Crippen LogP contribution in [0.15, 0.2) is 16.6 Å². The number of rotatable bonds is 2. The van der Waals surface area contributed by atoms with E-state index >= 15 is 0 Å². The topological polar surface area (TPSA) is 95.5 Å². The summed E-state index contributed by atoms with van der Waals surface area (Å²) in [5.74, 6) is -0.833. The Hall–Kier alpha value is -1.63. The molecule has 0 saturated carbocycles. The maximum Gasteiger partial charge on any atom is 0.347 e. The lowest BCUT2D eigenvalue weighted by Crippen LogP contribution is -2.09. The van der Waals surface area contributed by atoms with Crippen LogP contribution in [-0.2, 0) is 4.74 Å². The highest BCUT2D eigenvalue weighted by Crippen LogP contribution is 2.33. The summed E-state index contributed by atoms with van der Waals surface area (Å²) in [5, 5.41) is 10.7. The molecule has 0 atom stereocenters. The zero-order valence-corrected chi connectivity index (χ0v) is 9.28. The number of nitrogens with two attached hydrogens (primary N) is 1. The van der Waals surface area contributed by atoms with Gasteiger partial charge in [0.25, 0.3) is 5.69 Å². The van der Waals surface area contributed by atoms with E-state index in [1.165, 1.54) is 12.1 Å². The van der Waals surface area contributed by atoms with Gasteiger partial charge in [0.15, 0.2) is 5.56 Å². The Morgan fingerprint density at radius 2 is 2.20 bits per heavy atom. The Morgan fingerprint density at radius 1 is 1.60 bits per heavy atom. The van der Waals surface area contributed by atoms with Crippen molar-refractivity contribution < 1.29 is 14.5 Å². The number of nitro groups is 1. The van der Waals surface area contributed by atoms with E-state index in [0.717, 1.165) is 7.11 Å². The van der Waals surface area contributed by atoms with Crippen molar-refractivity contribution in [2.24, 2.45) is 0 Å². The van der Waals surface area contributed by atoms with Gasteiger partial charge < -0.3 is 10.5 Å². The van der Waals surface area contributed by atoms with Crippen molar-refractivity contribution in [1.82, 2.24) is 0 Å². The van der Waals surface area contributed by atoms with Gasteiger partial charge in [-0.25, -0.2) is 4.79 Å². The molecule has 1 aromatic rings. The van der Waals surface area contributed by atoms with Gasteiger partial charge in [-0.15, -0.1) is 0 Å². The first-order chi connectivity index (χ1) is 6.99. The van der Waals surface area contributed by atoms with Gasteiger partial charge in [-0.1, -0.05) is 0 Å². The standard InChI is InChI=1S/C8H7BrN2O4/c1-15-8(12)6-5(10)3-2-4(9)7(6)11(13)14/h2-3H,10H2,1H3. The van der Waals surface area contributed by atoms with Gasteiger partial charge in [-0.2, -0.15) is 0 Å². The first kappa shape index (κ1) is 11.4. The molecule has 1 rings (SSSR count). The maximum absolute atomic E-state index is 11.3. The summed E-state index contributed by atoms with van der Waals surface area (Å²) in [4.78, 5) is 21.3. The predicted molar refractivity (Wildman–Crippen MR) is 56.5 cm³/mol. The zero-order chi connectivity index (χ0) is 11.6. The number of carbonyl (C=O) groups excluding carboxylic acids is 1. The smallest absolute Gasteiger partial charge is 0.347 e. The molecule has 6 nitrogen and oxygen atoms in total. The van der Waals surface area contributed by atoms with Crippen molar-refractivity contribution >= 4 is 33.3 Å². The molecule has 0 bridgehead atoms. The van der Waals surface area contributed by atoms with Crippen LogP contribution in [0.1, 0.15) is 10.4 Å². The van der Waals surface area contributed by atoms with Crippen LogP contribution < -0.4 is 5.73 Å².